The molecule has 0 unspecified atom stereocenters. The number of halogens is 4. The highest BCUT2D eigenvalue weighted by atomic mass is 32.2. The Morgan fingerprint density at radius 2 is 0.573 bits per heavy atom. The molecule has 0 saturated carbocycles. The fourth-order valence-electron chi connectivity index (χ4n) is 8.13. The first-order valence-electron chi connectivity index (χ1n) is 23.7. The number of anilines is 4. The number of sulfonamides is 4. The lowest BCUT2D eigenvalue weighted by atomic mass is 10.1. The molecule has 0 bridgehead atoms. The number of benzene rings is 10. The molecule has 4 N–H and O–H groups in total. The quantitative estimate of drug-likeness (QED) is 0.0450. The summed E-state index contributed by atoms with van der Waals surface area (Å²) in [5, 5.41) is 27.3. The van der Waals surface area contributed by atoms with Crippen LogP contribution in [0.1, 0.15) is 11.1 Å². The number of rotatable bonds is 14. The predicted molar refractivity (Wildman–Crippen MR) is 303 cm³/mol. The monoisotopic (exact) mass is 1190 g/mol. The van der Waals surface area contributed by atoms with Crippen LogP contribution >= 0.6 is 0 Å². The third-order valence-corrected chi connectivity index (χ3v) is 17.7. The first-order chi connectivity index (χ1) is 38.7. The summed E-state index contributed by atoms with van der Waals surface area (Å²) in [6.45, 7) is 2.93. The third kappa shape index (κ3) is 13.2. The van der Waals surface area contributed by atoms with E-state index in [1.807, 2.05) is 9.44 Å². The van der Waals surface area contributed by atoms with E-state index in [0.717, 1.165) is 48.5 Å². The summed E-state index contributed by atoms with van der Waals surface area (Å²) in [4.78, 5) is 17.9. The molecule has 10 aromatic carbocycles. The summed E-state index contributed by atoms with van der Waals surface area (Å²) in [6, 6.07) is 46.8. The van der Waals surface area contributed by atoms with Crippen molar-refractivity contribution in [2.24, 2.45) is 0 Å². The Balaban J connectivity index is 0.000000183. The molecule has 0 spiro atoms. The van der Waals surface area contributed by atoms with Gasteiger partial charge in [-0.05, 0) is 107 Å². The fourth-order valence-corrected chi connectivity index (χ4v) is 12.7. The summed E-state index contributed by atoms with van der Waals surface area (Å²) in [6.07, 6.45) is 0. The van der Waals surface area contributed by atoms with Gasteiger partial charge >= 0.3 is 0 Å². The molecule has 0 radical (unpaired) electrons. The highest BCUT2D eigenvalue weighted by Gasteiger charge is 2.29. The van der Waals surface area contributed by atoms with Gasteiger partial charge in [0.15, 0.2) is 9.79 Å². The van der Waals surface area contributed by atoms with Gasteiger partial charge in [-0.25, -0.2) is 51.2 Å². The molecule has 26 heteroatoms. The van der Waals surface area contributed by atoms with Crippen molar-refractivity contribution in [1.82, 2.24) is 0 Å². The van der Waals surface area contributed by atoms with E-state index in [9.17, 15) is 71.5 Å². The number of nitrogens with one attached hydrogen (secondary N) is 4. The van der Waals surface area contributed by atoms with Gasteiger partial charge in [-0.1, -0.05) is 121 Å². The average molecular weight is 1200 g/mol. The lowest BCUT2D eigenvalue weighted by molar-refractivity contribution is -0.385. The molecule has 10 aromatic rings. The van der Waals surface area contributed by atoms with Crippen LogP contribution < -0.4 is 18.9 Å². The molecule has 0 aliphatic heterocycles. The van der Waals surface area contributed by atoms with Crippen LogP contribution in [0.4, 0.5) is 51.7 Å². The van der Waals surface area contributed by atoms with Crippen LogP contribution in [0.25, 0.3) is 32.3 Å². The molecule has 420 valence electrons. The molecule has 0 heterocycles. The standard InChI is InChI=1S/C24H20N4O8S2.C22H14F4N2O4S2.C10H8/c1-15-7-9-19(13-23(15)27(29)30)37(33,34)25-21-11-17-5-3-4-6-18(17)12-22(21)26-38(35,36)20-10-8-16(2)24(14-20)28(31)32;23-15-7-3-8-16(24)21(15)33(29,30)27-19-11-13-5-1-2-6-14(13)12-20(19)28-34(31,32)22-17(25)9-4-10-18(22)26;1-2-6-10-8-4-3-7-9(10)5-1/h3-14,25-26H,1-2H3;1-12,27-28H;1-8H. The minimum Gasteiger partial charge on any atom is -0.277 e. The maximum absolute atomic E-state index is 14.1. The van der Waals surface area contributed by atoms with Gasteiger partial charge in [0.25, 0.3) is 51.5 Å². The van der Waals surface area contributed by atoms with Gasteiger partial charge in [0.05, 0.1) is 42.4 Å². The van der Waals surface area contributed by atoms with Crippen LogP contribution in [0.2, 0.25) is 0 Å². The molecular weight excluding hydrogens is 1150 g/mol. The zero-order valence-corrected chi connectivity index (χ0v) is 45.7. The first kappa shape index (κ1) is 58.6. The predicted octanol–water partition coefficient (Wildman–Crippen LogP) is 12.7. The molecule has 0 atom stereocenters. The summed E-state index contributed by atoms with van der Waals surface area (Å²) in [5.41, 5.74) is -1.43. The van der Waals surface area contributed by atoms with E-state index in [4.69, 9.17) is 0 Å². The third-order valence-electron chi connectivity index (χ3n) is 12.2. The van der Waals surface area contributed by atoms with E-state index in [0.29, 0.717) is 21.5 Å². The van der Waals surface area contributed by atoms with Gasteiger partial charge in [0, 0.05) is 23.3 Å². The minimum atomic E-state index is -4.89. The van der Waals surface area contributed by atoms with Crippen molar-refractivity contribution < 1.29 is 61.1 Å². The second kappa shape index (κ2) is 23.7. The van der Waals surface area contributed by atoms with Crippen LogP contribution in [0, 0.1) is 57.3 Å². The van der Waals surface area contributed by atoms with E-state index < -0.39 is 116 Å². The second-order valence-corrected chi connectivity index (χ2v) is 24.4. The number of aryl methyl sites for hydroxylation is 2. The van der Waals surface area contributed by atoms with Crippen molar-refractivity contribution in [3.05, 3.63) is 249 Å². The molecule has 0 aliphatic carbocycles. The Morgan fingerprint density at radius 1 is 0.329 bits per heavy atom. The van der Waals surface area contributed by atoms with Crippen molar-refractivity contribution in [2.45, 2.75) is 33.4 Å². The largest absolute Gasteiger partial charge is 0.277 e. The number of nitro benzene ring substituents is 2. The fraction of sp³-hybridized carbons (Fsp3) is 0.0357. The number of nitrogens with zero attached hydrogens (tertiary/aromatic N) is 2. The Morgan fingerprint density at radius 3 is 0.829 bits per heavy atom. The van der Waals surface area contributed by atoms with Crippen molar-refractivity contribution in [1.29, 1.82) is 0 Å². The molecule has 18 nitrogen and oxygen atoms in total. The average Bonchev–Trinajstić information content (AvgIpc) is 2.83. The zero-order chi connectivity index (χ0) is 59.3. The maximum atomic E-state index is 14.1. The van der Waals surface area contributed by atoms with Crippen molar-refractivity contribution in [3.63, 3.8) is 0 Å². The molecule has 0 aromatic heterocycles. The van der Waals surface area contributed by atoms with Gasteiger partial charge in [-0.3, -0.25) is 39.1 Å². The van der Waals surface area contributed by atoms with Gasteiger partial charge in [-0.15, -0.1) is 0 Å². The van der Waals surface area contributed by atoms with Crippen LogP contribution in [0.3, 0.4) is 0 Å². The summed E-state index contributed by atoms with van der Waals surface area (Å²) in [7, 11) is -18.6. The molecule has 0 amide bonds. The van der Waals surface area contributed by atoms with E-state index in [1.54, 1.807) is 48.5 Å². The van der Waals surface area contributed by atoms with Gasteiger partial charge in [-0.2, -0.15) is 0 Å². The molecule has 82 heavy (non-hydrogen) atoms. The number of hydrogen-bond acceptors (Lipinski definition) is 12. The Hall–Kier alpha value is -9.50. The summed E-state index contributed by atoms with van der Waals surface area (Å²) in [5.74, 6) is -5.49. The number of hydrogen-bond donors (Lipinski definition) is 4. The second-order valence-electron chi connectivity index (χ2n) is 17.8. The van der Waals surface area contributed by atoms with Crippen molar-refractivity contribution in [2.75, 3.05) is 18.9 Å². The maximum Gasteiger partial charge on any atom is 0.273 e. The van der Waals surface area contributed by atoms with Crippen molar-refractivity contribution in [3.8, 4) is 0 Å². The normalized spacial score (nSPS) is 11.6. The van der Waals surface area contributed by atoms with E-state index in [-0.39, 0.29) is 22.5 Å². The smallest absolute Gasteiger partial charge is 0.273 e. The summed E-state index contributed by atoms with van der Waals surface area (Å²) < 4.78 is 169. The lowest BCUT2D eigenvalue weighted by Gasteiger charge is -2.17. The van der Waals surface area contributed by atoms with Gasteiger partial charge in [0.1, 0.15) is 23.3 Å². The van der Waals surface area contributed by atoms with Crippen molar-refractivity contribution >= 4 is 107 Å². The molecule has 0 aliphatic rings. The number of fused-ring (bicyclic) bond motifs is 3. The highest BCUT2D eigenvalue weighted by molar-refractivity contribution is 7.94. The van der Waals surface area contributed by atoms with E-state index in [2.05, 4.69) is 58.0 Å². The summed E-state index contributed by atoms with van der Waals surface area (Å²) >= 11 is 0. The lowest BCUT2D eigenvalue weighted by Crippen LogP contribution is -2.20. The SMILES string of the molecule is Cc1ccc(S(=O)(=O)Nc2cc3ccccc3cc2NS(=O)(=O)c2ccc(C)c([N+](=O)[O-])c2)cc1[N+](=O)[O-].O=S(=O)(Nc1cc2ccccc2cc1NS(=O)(=O)c1c(F)cccc1F)c1c(F)cccc1F.c1ccc2ccccc2c1. The molecule has 0 saturated heterocycles. The molecular formula is C56H42F4N6O12S4. The van der Waals surface area contributed by atoms with Crippen LogP contribution in [-0.2, 0) is 40.1 Å². The van der Waals surface area contributed by atoms with Gasteiger partial charge in [0.2, 0.25) is 0 Å². The topological polar surface area (TPSA) is 271 Å². The van der Waals surface area contributed by atoms with Crippen LogP contribution in [-0.4, -0.2) is 43.5 Å². The molecule has 10 rings (SSSR count). The Labute approximate surface area is 466 Å². The highest BCUT2D eigenvalue weighted by Crippen LogP contribution is 2.36. The first-order valence-corrected chi connectivity index (χ1v) is 29.7. The van der Waals surface area contributed by atoms with Gasteiger partial charge < -0.3 is 0 Å². The van der Waals surface area contributed by atoms with E-state index >= 15 is 0 Å². The van der Waals surface area contributed by atoms with Crippen LogP contribution in [0.5, 0.6) is 0 Å². The van der Waals surface area contributed by atoms with E-state index in [1.165, 1.54) is 73.2 Å². The Kier molecular flexibility index (Phi) is 16.9. The molecule has 0 fully saturated rings. The Bertz CT molecular complexity index is 4300. The zero-order valence-electron chi connectivity index (χ0n) is 42.4. The minimum absolute atomic E-state index is 0.155. The van der Waals surface area contributed by atoms with Crippen LogP contribution in [0.15, 0.2) is 214 Å². The number of nitro groups is 2.